The van der Waals surface area contributed by atoms with E-state index in [0.717, 1.165) is 33.5 Å². The van der Waals surface area contributed by atoms with Gasteiger partial charge < -0.3 is 5.32 Å². The van der Waals surface area contributed by atoms with Gasteiger partial charge in [-0.1, -0.05) is 69.5 Å². The van der Waals surface area contributed by atoms with E-state index in [1.807, 2.05) is 42.5 Å². The molecule has 1 amide bonds. The van der Waals surface area contributed by atoms with E-state index >= 15 is 4.39 Å². The zero-order valence-electron chi connectivity index (χ0n) is 19.6. The molecule has 0 saturated heterocycles. The summed E-state index contributed by atoms with van der Waals surface area (Å²) in [6, 6.07) is 17.5. The number of halogens is 1. The predicted molar refractivity (Wildman–Crippen MR) is 137 cm³/mol. The molecule has 4 rings (SSSR count). The molecule has 3 heteroatoms. The number of unbranched alkanes of at least 4 members (excludes halogenated alkanes) is 2. The number of nitrogens with one attached hydrogen (secondary N) is 1. The summed E-state index contributed by atoms with van der Waals surface area (Å²) in [5.41, 5.74) is 3.37. The van der Waals surface area contributed by atoms with E-state index in [-0.39, 0.29) is 11.7 Å². The predicted octanol–water partition coefficient (Wildman–Crippen LogP) is 8.62. The van der Waals surface area contributed by atoms with Gasteiger partial charge in [0.2, 0.25) is 5.91 Å². The molecule has 0 spiro atoms. The first-order valence-electron chi connectivity index (χ1n) is 12.3. The van der Waals surface area contributed by atoms with Gasteiger partial charge in [0.15, 0.2) is 0 Å². The highest BCUT2D eigenvalue weighted by atomic mass is 19.1. The third-order valence-corrected chi connectivity index (χ3v) is 7.13. The Bertz CT molecular complexity index is 1130. The van der Waals surface area contributed by atoms with Crippen LogP contribution in [0.15, 0.2) is 67.3 Å². The lowest BCUT2D eigenvalue weighted by Crippen LogP contribution is -2.13. The first-order chi connectivity index (χ1) is 16.1. The van der Waals surface area contributed by atoms with E-state index in [9.17, 15) is 4.79 Å². The molecule has 172 valence electrons. The van der Waals surface area contributed by atoms with Gasteiger partial charge in [-0.05, 0) is 89.8 Å². The number of anilines is 1. The van der Waals surface area contributed by atoms with Crippen molar-refractivity contribution in [2.45, 2.75) is 64.2 Å². The molecule has 1 fully saturated rings. The van der Waals surface area contributed by atoms with E-state index in [1.54, 1.807) is 6.07 Å². The van der Waals surface area contributed by atoms with E-state index < -0.39 is 0 Å². The van der Waals surface area contributed by atoms with Gasteiger partial charge in [0.25, 0.3) is 0 Å². The highest BCUT2D eigenvalue weighted by molar-refractivity contribution is 6.00. The van der Waals surface area contributed by atoms with E-state index in [2.05, 4.69) is 24.9 Å². The Morgan fingerprint density at radius 3 is 2.48 bits per heavy atom. The second kappa shape index (κ2) is 10.8. The summed E-state index contributed by atoms with van der Waals surface area (Å²) in [5, 5.41) is 4.78. The van der Waals surface area contributed by atoms with Gasteiger partial charge in [0.1, 0.15) is 5.82 Å². The second-order valence-corrected chi connectivity index (χ2v) is 9.42. The summed E-state index contributed by atoms with van der Waals surface area (Å²) in [4.78, 5) is 11.5. The minimum Gasteiger partial charge on any atom is -0.323 e. The Labute approximate surface area is 196 Å². The summed E-state index contributed by atoms with van der Waals surface area (Å²) in [6.45, 7) is 5.74. The monoisotopic (exact) mass is 443 g/mol. The summed E-state index contributed by atoms with van der Waals surface area (Å²) in [5.74, 6) is 0.960. The Hall–Kier alpha value is -2.94. The SMILES string of the molecule is C=CC(=O)Nc1ccc2cc(-c3ccc(C4CCC(CCCCC)CC4)cc3F)ccc2c1. The minimum atomic E-state index is -0.238. The van der Waals surface area contributed by atoms with Crippen LogP contribution >= 0.6 is 0 Å². The fourth-order valence-electron chi connectivity index (χ4n) is 5.17. The van der Waals surface area contributed by atoms with Crippen molar-refractivity contribution in [3.63, 3.8) is 0 Å². The van der Waals surface area contributed by atoms with Gasteiger partial charge in [-0.2, -0.15) is 0 Å². The Morgan fingerprint density at radius 2 is 1.76 bits per heavy atom. The number of carbonyl (C=O) groups excluding carboxylic acids is 1. The molecule has 2 nitrogen and oxygen atoms in total. The first kappa shape index (κ1) is 23.2. The fourth-order valence-corrected chi connectivity index (χ4v) is 5.17. The van der Waals surface area contributed by atoms with Crippen LogP contribution in [0.4, 0.5) is 10.1 Å². The molecule has 0 bridgehead atoms. The van der Waals surface area contributed by atoms with Gasteiger partial charge >= 0.3 is 0 Å². The number of amides is 1. The van der Waals surface area contributed by atoms with Crippen molar-refractivity contribution in [1.29, 1.82) is 0 Å². The van der Waals surface area contributed by atoms with Crippen LogP contribution in [0.2, 0.25) is 0 Å². The standard InChI is InChI=1S/C30H34FNO/c1-3-5-6-7-21-8-10-22(11-9-21)25-15-17-28(29(31)20-25)26-13-12-24-19-27(32-30(33)4-2)16-14-23(24)18-26/h4,12-22H,2-3,5-11H2,1H3,(H,32,33). The van der Waals surface area contributed by atoms with Crippen molar-refractivity contribution in [2.75, 3.05) is 5.32 Å². The summed E-state index contributed by atoms with van der Waals surface area (Å²) in [6.07, 6.45) is 11.5. The molecule has 33 heavy (non-hydrogen) atoms. The molecule has 1 saturated carbocycles. The molecule has 3 aromatic rings. The van der Waals surface area contributed by atoms with Crippen LogP contribution in [-0.2, 0) is 4.79 Å². The number of hydrogen-bond acceptors (Lipinski definition) is 1. The Morgan fingerprint density at radius 1 is 1.00 bits per heavy atom. The highest BCUT2D eigenvalue weighted by Gasteiger charge is 2.23. The first-order valence-corrected chi connectivity index (χ1v) is 12.3. The number of benzene rings is 3. The topological polar surface area (TPSA) is 29.1 Å². The highest BCUT2D eigenvalue weighted by Crippen LogP contribution is 2.39. The average Bonchev–Trinajstić information content (AvgIpc) is 2.84. The molecule has 1 N–H and O–H groups in total. The van der Waals surface area contributed by atoms with E-state index in [0.29, 0.717) is 11.5 Å². The van der Waals surface area contributed by atoms with Crippen molar-refractivity contribution in [3.05, 3.63) is 78.6 Å². The van der Waals surface area contributed by atoms with Crippen LogP contribution in [0.3, 0.4) is 0 Å². The summed E-state index contributed by atoms with van der Waals surface area (Å²) in [7, 11) is 0. The quantitative estimate of drug-likeness (QED) is 0.274. The Balaban J connectivity index is 1.46. The zero-order chi connectivity index (χ0) is 23.2. The number of rotatable bonds is 8. The van der Waals surface area contributed by atoms with Crippen molar-refractivity contribution >= 4 is 22.4 Å². The lowest BCUT2D eigenvalue weighted by atomic mass is 9.77. The molecule has 0 unspecified atom stereocenters. The average molecular weight is 444 g/mol. The zero-order valence-corrected chi connectivity index (χ0v) is 19.6. The molecule has 1 aliphatic rings. The molecular formula is C30H34FNO. The fraction of sp³-hybridized carbons (Fsp3) is 0.367. The molecule has 0 aliphatic heterocycles. The van der Waals surface area contributed by atoms with E-state index in [1.165, 1.54) is 57.4 Å². The van der Waals surface area contributed by atoms with Crippen molar-refractivity contribution < 1.29 is 9.18 Å². The smallest absolute Gasteiger partial charge is 0.247 e. The molecule has 3 aromatic carbocycles. The summed E-state index contributed by atoms with van der Waals surface area (Å²) < 4.78 is 15.2. The molecule has 0 aromatic heterocycles. The van der Waals surface area contributed by atoms with Gasteiger partial charge in [-0.25, -0.2) is 4.39 Å². The lowest BCUT2D eigenvalue weighted by molar-refractivity contribution is -0.111. The van der Waals surface area contributed by atoms with Crippen molar-refractivity contribution in [2.24, 2.45) is 5.92 Å². The number of fused-ring (bicyclic) bond motifs is 1. The third-order valence-electron chi connectivity index (χ3n) is 7.13. The van der Waals surface area contributed by atoms with Gasteiger partial charge in [0, 0.05) is 11.3 Å². The number of carbonyl (C=O) groups is 1. The largest absolute Gasteiger partial charge is 0.323 e. The van der Waals surface area contributed by atoms with Crippen LogP contribution in [0.1, 0.15) is 69.8 Å². The van der Waals surface area contributed by atoms with Crippen LogP contribution in [0, 0.1) is 11.7 Å². The molecular weight excluding hydrogens is 409 g/mol. The van der Waals surface area contributed by atoms with Crippen LogP contribution in [0.25, 0.3) is 21.9 Å². The summed E-state index contributed by atoms with van der Waals surface area (Å²) >= 11 is 0. The molecule has 0 heterocycles. The van der Waals surface area contributed by atoms with Crippen molar-refractivity contribution in [3.8, 4) is 11.1 Å². The van der Waals surface area contributed by atoms with E-state index in [4.69, 9.17) is 0 Å². The van der Waals surface area contributed by atoms with Crippen LogP contribution in [0.5, 0.6) is 0 Å². The maximum absolute atomic E-state index is 15.2. The van der Waals surface area contributed by atoms with Crippen molar-refractivity contribution in [1.82, 2.24) is 0 Å². The second-order valence-electron chi connectivity index (χ2n) is 9.42. The lowest BCUT2D eigenvalue weighted by Gasteiger charge is -2.29. The van der Waals surface area contributed by atoms with Gasteiger partial charge in [-0.3, -0.25) is 4.79 Å². The van der Waals surface area contributed by atoms with Gasteiger partial charge in [0.05, 0.1) is 0 Å². The Kier molecular flexibility index (Phi) is 7.59. The normalized spacial score (nSPS) is 18.2. The minimum absolute atomic E-state index is 0.146. The maximum atomic E-state index is 15.2. The third kappa shape index (κ3) is 5.71. The molecule has 1 aliphatic carbocycles. The van der Waals surface area contributed by atoms with Gasteiger partial charge in [-0.15, -0.1) is 0 Å². The maximum Gasteiger partial charge on any atom is 0.247 e. The van der Waals surface area contributed by atoms with Crippen LogP contribution < -0.4 is 5.32 Å². The molecule has 0 radical (unpaired) electrons. The van der Waals surface area contributed by atoms with Crippen LogP contribution in [-0.4, -0.2) is 5.91 Å². The molecule has 0 atom stereocenters. The number of hydrogen-bond donors (Lipinski definition) is 1.